The summed E-state index contributed by atoms with van der Waals surface area (Å²) in [6.07, 6.45) is 1.25. The number of alkyl halides is 1. The van der Waals surface area contributed by atoms with Crippen LogP contribution in [0.3, 0.4) is 0 Å². The zero-order valence-corrected chi connectivity index (χ0v) is 12.4. The SMILES string of the molecule is CC1(COc2ccn(C(=O)OC(C)(C)C)n2)CC(F)C1. The van der Waals surface area contributed by atoms with Gasteiger partial charge in [-0.25, -0.2) is 9.18 Å². The highest BCUT2D eigenvalue weighted by Gasteiger charge is 2.41. The Hall–Kier alpha value is -1.59. The first kappa shape index (κ1) is 14.8. The van der Waals surface area contributed by atoms with Crippen LogP contribution in [0.2, 0.25) is 0 Å². The van der Waals surface area contributed by atoms with Crippen molar-refractivity contribution >= 4 is 6.09 Å². The molecule has 5 nitrogen and oxygen atoms in total. The van der Waals surface area contributed by atoms with Gasteiger partial charge < -0.3 is 9.47 Å². The number of hydrogen-bond acceptors (Lipinski definition) is 4. The molecule has 1 fully saturated rings. The maximum atomic E-state index is 12.9. The van der Waals surface area contributed by atoms with E-state index in [9.17, 15) is 9.18 Å². The van der Waals surface area contributed by atoms with E-state index in [1.54, 1.807) is 26.8 Å². The largest absolute Gasteiger partial charge is 0.476 e. The molecule has 20 heavy (non-hydrogen) atoms. The average Bonchev–Trinajstić information content (AvgIpc) is 2.71. The smallest absolute Gasteiger partial charge is 0.435 e. The highest BCUT2D eigenvalue weighted by molar-refractivity contribution is 5.69. The zero-order chi connectivity index (χ0) is 15.0. The van der Waals surface area contributed by atoms with E-state index in [-0.39, 0.29) is 5.41 Å². The van der Waals surface area contributed by atoms with E-state index in [0.717, 1.165) is 4.68 Å². The lowest BCUT2D eigenvalue weighted by molar-refractivity contribution is -0.00000491. The average molecular weight is 284 g/mol. The summed E-state index contributed by atoms with van der Waals surface area (Å²) < 4.78 is 24.7. The summed E-state index contributed by atoms with van der Waals surface area (Å²) in [5.74, 6) is 0.347. The van der Waals surface area contributed by atoms with Crippen molar-refractivity contribution in [2.75, 3.05) is 6.61 Å². The molecule has 0 aromatic carbocycles. The van der Waals surface area contributed by atoms with Crippen LogP contribution in [0.5, 0.6) is 5.88 Å². The van der Waals surface area contributed by atoms with Crippen LogP contribution in [0.15, 0.2) is 12.3 Å². The summed E-state index contributed by atoms with van der Waals surface area (Å²) in [4.78, 5) is 11.8. The molecule has 0 atom stereocenters. The van der Waals surface area contributed by atoms with Gasteiger partial charge in [0, 0.05) is 17.7 Å². The molecule has 0 amide bonds. The van der Waals surface area contributed by atoms with Crippen molar-refractivity contribution in [3.8, 4) is 5.88 Å². The van der Waals surface area contributed by atoms with Crippen molar-refractivity contribution in [3.05, 3.63) is 12.3 Å². The summed E-state index contributed by atoms with van der Waals surface area (Å²) >= 11 is 0. The van der Waals surface area contributed by atoms with Crippen molar-refractivity contribution in [2.24, 2.45) is 5.41 Å². The van der Waals surface area contributed by atoms with Crippen LogP contribution in [-0.2, 0) is 4.74 Å². The minimum Gasteiger partial charge on any atom is -0.476 e. The Morgan fingerprint density at radius 2 is 2.20 bits per heavy atom. The van der Waals surface area contributed by atoms with E-state index < -0.39 is 17.9 Å². The van der Waals surface area contributed by atoms with Gasteiger partial charge >= 0.3 is 6.09 Å². The van der Waals surface area contributed by atoms with E-state index in [1.165, 1.54) is 6.20 Å². The first-order valence-electron chi connectivity index (χ1n) is 6.73. The van der Waals surface area contributed by atoms with Crippen LogP contribution in [-0.4, -0.2) is 34.3 Å². The second-order valence-electron chi connectivity index (χ2n) is 6.68. The van der Waals surface area contributed by atoms with Gasteiger partial charge in [-0.1, -0.05) is 6.92 Å². The van der Waals surface area contributed by atoms with Crippen LogP contribution in [0, 0.1) is 5.41 Å². The second-order valence-corrected chi connectivity index (χ2v) is 6.68. The van der Waals surface area contributed by atoms with Crippen molar-refractivity contribution in [2.45, 2.75) is 52.3 Å². The Morgan fingerprint density at radius 1 is 1.55 bits per heavy atom. The number of aromatic nitrogens is 2. The Morgan fingerprint density at radius 3 is 2.75 bits per heavy atom. The van der Waals surface area contributed by atoms with Crippen LogP contribution in [0.4, 0.5) is 9.18 Å². The maximum Gasteiger partial charge on any atom is 0.435 e. The molecule has 1 aromatic rings. The minimum atomic E-state index is -0.720. The Labute approximate surface area is 118 Å². The molecular formula is C14H21FN2O3. The third-order valence-corrected chi connectivity index (χ3v) is 3.14. The van der Waals surface area contributed by atoms with E-state index >= 15 is 0 Å². The Bertz CT molecular complexity index is 487. The number of carbonyl (C=O) groups excluding carboxylic acids is 1. The fourth-order valence-corrected chi connectivity index (χ4v) is 2.17. The molecule has 0 N–H and O–H groups in total. The molecule has 1 saturated carbocycles. The third-order valence-electron chi connectivity index (χ3n) is 3.14. The highest BCUT2D eigenvalue weighted by Crippen LogP contribution is 2.42. The van der Waals surface area contributed by atoms with Gasteiger partial charge in [0.25, 0.3) is 0 Å². The molecule has 112 valence electrons. The molecule has 1 heterocycles. The first-order valence-corrected chi connectivity index (χ1v) is 6.73. The lowest BCUT2D eigenvalue weighted by atomic mass is 9.70. The lowest BCUT2D eigenvalue weighted by Gasteiger charge is -2.40. The number of halogens is 1. The maximum absolute atomic E-state index is 12.9. The van der Waals surface area contributed by atoms with Crippen LogP contribution < -0.4 is 4.74 Å². The van der Waals surface area contributed by atoms with Gasteiger partial charge in [-0.05, 0) is 33.6 Å². The summed E-state index contributed by atoms with van der Waals surface area (Å²) in [7, 11) is 0. The van der Waals surface area contributed by atoms with Crippen molar-refractivity contribution in [1.29, 1.82) is 0 Å². The topological polar surface area (TPSA) is 53.4 Å². The minimum absolute atomic E-state index is 0.130. The highest BCUT2D eigenvalue weighted by atomic mass is 19.1. The fraction of sp³-hybridized carbons (Fsp3) is 0.714. The second kappa shape index (κ2) is 5.07. The normalized spacial score (nSPS) is 25.9. The predicted octanol–water partition coefficient (Wildman–Crippen LogP) is 3.18. The summed E-state index contributed by atoms with van der Waals surface area (Å²) in [5.41, 5.74) is -0.700. The van der Waals surface area contributed by atoms with Gasteiger partial charge in [0.2, 0.25) is 5.88 Å². The first-order chi connectivity index (χ1) is 9.17. The molecule has 1 aliphatic rings. The van der Waals surface area contributed by atoms with Gasteiger partial charge in [0.05, 0.1) is 6.61 Å². The predicted molar refractivity (Wildman–Crippen MR) is 71.6 cm³/mol. The lowest BCUT2D eigenvalue weighted by Crippen LogP contribution is -2.40. The number of rotatable bonds is 3. The summed E-state index contributed by atoms with van der Waals surface area (Å²) in [6, 6.07) is 1.60. The van der Waals surface area contributed by atoms with E-state index in [1.807, 2.05) is 6.92 Å². The van der Waals surface area contributed by atoms with Gasteiger partial charge in [0.1, 0.15) is 11.8 Å². The quantitative estimate of drug-likeness (QED) is 0.855. The fourth-order valence-electron chi connectivity index (χ4n) is 2.17. The molecule has 6 heteroatoms. The number of nitrogens with zero attached hydrogens (tertiary/aromatic N) is 2. The molecule has 0 unspecified atom stereocenters. The molecule has 0 radical (unpaired) electrons. The standard InChI is InChI=1S/C14H21FN2O3/c1-13(2,3)20-12(18)17-6-5-11(16-17)19-9-14(4)7-10(15)8-14/h5-6,10H,7-9H2,1-4H3. The van der Waals surface area contributed by atoms with Gasteiger partial charge in [-0.2, -0.15) is 4.68 Å². The summed E-state index contributed by atoms with van der Waals surface area (Å²) in [5, 5.41) is 4.00. The van der Waals surface area contributed by atoms with Crippen molar-refractivity contribution in [1.82, 2.24) is 9.78 Å². The van der Waals surface area contributed by atoms with E-state index in [4.69, 9.17) is 9.47 Å². The molecular weight excluding hydrogens is 263 g/mol. The van der Waals surface area contributed by atoms with Gasteiger partial charge in [-0.15, -0.1) is 5.10 Å². The van der Waals surface area contributed by atoms with Crippen LogP contribution in [0.1, 0.15) is 40.5 Å². The van der Waals surface area contributed by atoms with E-state index in [0.29, 0.717) is 25.3 Å². The van der Waals surface area contributed by atoms with Crippen molar-refractivity contribution in [3.63, 3.8) is 0 Å². The molecule has 1 aliphatic carbocycles. The molecule has 0 aliphatic heterocycles. The van der Waals surface area contributed by atoms with Crippen LogP contribution in [0.25, 0.3) is 0 Å². The molecule has 0 saturated heterocycles. The van der Waals surface area contributed by atoms with Gasteiger partial charge in [-0.3, -0.25) is 0 Å². The van der Waals surface area contributed by atoms with Crippen LogP contribution >= 0.6 is 0 Å². The summed E-state index contributed by atoms with van der Waals surface area (Å²) in [6.45, 7) is 7.75. The zero-order valence-electron chi connectivity index (χ0n) is 12.4. The number of hydrogen-bond donors (Lipinski definition) is 0. The Balaban J connectivity index is 1.88. The number of carbonyl (C=O) groups is 1. The monoisotopic (exact) mass is 284 g/mol. The van der Waals surface area contributed by atoms with E-state index in [2.05, 4.69) is 5.10 Å². The number of ether oxygens (including phenoxy) is 2. The molecule has 0 spiro atoms. The van der Waals surface area contributed by atoms with Gasteiger partial charge in [0.15, 0.2) is 0 Å². The third kappa shape index (κ3) is 3.71. The Kier molecular flexibility index (Phi) is 3.75. The molecule has 2 rings (SSSR count). The molecule has 1 aromatic heterocycles. The van der Waals surface area contributed by atoms with Crippen molar-refractivity contribution < 1.29 is 18.7 Å². The molecule has 0 bridgehead atoms.